The lowest BCUT2D eigenvalue weighted by Crippen LogP contribution is -2.35. The summed E-state index contributed by atoms with van der Waals surface area (Å²) in [4.78, 5) is 26.1. The van der Waals surface area contributed by atoms with Crippen LogP contribution < -0.4 is 22.1 Å². The Kier molecular flexibility index (Phi) is 8.82. The lowest BCUT2D eigenvalue weighted by Gasteiger charge is -2.03. The standard InChI is InChI=1S/C13H24N8O3/c14-4-7-18-13(15)17-5-1-2-10-8-21(20-19-10)9-11(22)16-6-3-12(23)24/h8H,1-7,9,14H2,(H,16,22)(H,23,24)(H3,15,17,18). The minimum atomic E-state index is -0.958. The molecule has 0 fully saturated rings. The minimum absolute atomic E-state index is 0.000723. The van der Waals surface area contributed by atoms with Crippen LogP contribution in [0.25, 0.3) is 0 Å². The number of nitrogens with zero attached hydrogens (tertiary/aromatic N) is 4. The molecule has 0 radical (unpaired) electrons. The first kappa shape index (κ1) is 19.4. The lowest BCUT2D eigenvalue weighted by atomic mass is 10.2. The molecular formula is C13H24N8O3. The minimum Gasteiger partial charge on any atom is -0.481 e. The van der Waals surface area contributed by atoms with Crippen LogP contribution in [0.2, 0.25) is 0 Å². The first-order chi connectivity index (χ1) is 11.5. The summed E-state index contributed by atoms with van der Waals surface area (Å²) >= 11 is 0. The molecule has 1 aromatic rings. The van der Waals surface area contributed by atoms with E-state index in [9.17, 15) is 9.59 Å². The van der Waals surface area contributed by atoms with Crippen LogP contribution >= 0.6 is 0 Å². The maximum absolute atomic E-state index is 11.6. The van der Waals surface area contributed by atoms with Gasteiger partial charge in [-0.15, -0.1) is 5.10 Å². The van der Waals surface area contributed by atoms with Crippen LogP contribution in [-0.2, 0) is 22.6 Å². The first-order valence-corrected chi connectivity index (χ1v) is 7.62. The molecule has 0 spiro atoms. The summed E-state index contributed by atoms with van der Waals surface area (Å²) in [7, 11) is 0. The number of carboxylic acids is 1. The molecule has 0 saturated carbocycles. The van der Waals surface area contributed by atoms with E-state index in [0.717, 1.165) is 12.1 Å². The van der Waals surface area contributed by atoms with Gasteiger partial charge in [-0.3, -0.25) is 14.6 Å². The summed E-state index contributed by atoms with van der Waals surface area (Å²) < 4.78 is 1.41. The largest absolute Gasteiger partial charge is 0.481 e. The molecular weight excluding hydrogens is 316 g/mol. The second-order valence-corrected chi connectivity index (χ2v) is 4.99. The third-order valence-corrected chi connectivity index (χ3v) is 2.88. The Morgan fingerprint density at radius 3 is 2.83 bits per heavy atom. The third kappa shape index (κ3) is 8.68. The number of carbonyl (C=O) groups excluding carboxylic acids is 1. The number of rotatable bonds is 11. The number of amides is 1. The van der Waals surface area contributed by atoms with Gasteiger partial charge in [-0.25, -0.2) is 4.68 Å². The van der Waals surface area contributed by atoms with Gasteiger partial charge in [0.25, 0.3) is 0 Å². The van der Waals surface area contributed by atoms with Crippen molar-refractivity contribution in [2.45, 2.75) is 25.8 Å². The number of guanidine groups is 1. The molecule has 11 nitrogen and oxygen atoms in total. The summed E-state index contributed by atoms with van der Waals surface area (Å²) in [5.74, 6) is -0.905. The van der Waals surface area contributed by atoms with E-state index in [1.54, 1.807) is 6.20 Å². The average molecular weight is 340 g/mol. The van der Waals surface area contributed by atoms with Crippen molar-refractivity contribution >= 4 is 17.8 Å². The number of carbonyl (C=O) groups is 2. The SMILES string of the molecule is NCCNC(N)=NCCCc1cn(CC(=O)NCCC(=O)O)nn1. The Balaban J connectivity index is 2.25. The monoisotopic (exact) mass is 340 g/mol. The zero-order chi connectivity index (χ0) is 17.8. The highest BCUT2D eigenvalue weighted by molar-refractivity contribution is 5.77. The van der Waals surface area contributed by atoms with E-state index in [1.165, 1.54) is 4.68 Å². The van der Waals surface area contributed by atoms with E-state index < -0.39 is 5.97 Å². The number of aliphatic carboxylic acids is 1. The molecule has 0 atom stereocenters. The van der Waals surface area contributed by atoms with Crippen molar-refractivity contribution in [1.82, 2.24) is 25.6 Å². The Labute approximate surface area is 139 Å². The van der Waals surface area contributed by atoms with Gasteiger partial charge in [-0.2, -0.15) is 0 Å². The number of aliphatic imine (C=N–C) groups is 1. The van der Waals surface area contributed by atoms with Gasteiger partial charge in [0.2, 0.25) is 5.91 Å². The normalized spacial score (nSPS) is 11.3. The summed E-state index contributed by atoms with van der Waals surface area (Å²) in [6, 6.07) is 0. The van der Waals surface area contributed by atoms with Crippen molar-refractivity contribution < 1.29 is 14.7 Å². The number of aromatic nitrogens is 3. The predicted molar refractivity (Wildman–Crippen MR) is 87.2 cm³/mol. The summed E-state index contributed by atoms with van der Waals surface area (Å²) in [5.41, 5.74) is 11.7. The van der Waals surface area contributed by atoms with E-state index in [0.29, 0.717) is 32.0 Å². The number of carboxylic acid groups (broad SMARTS) is 1. The van der Waals surface area contributed by atoms with E-state index in [1.807, 2.05) is 0 Å². The van der Waals surface area contributed by atoms with Gasteiger partial charge < -0.3 is 27.2 Å². The van der Waals surface area contributed by atoms with Gasteiger partial charge in [0.05, 0.1) is 12.1 Å². The molecule has 0 unspecified atom stereocenters. The maximum Gasteiger partial charge on any atom is 0.305 e. The van der Waals surface area contributed by atoms with Crippen LogP contribution in [0.4, 0.5) is 0 Å². The molecule has 0 bridgehead atoms. The van der Waals surface area contributed by atoms with E-state index >= 15 is 0 Å². The van der Waals surface area contributed by atoms with Crippen LogP contribution in [0.1, 0.15) is 18.5 Å². The fraction of sp³-hybridized carbons (Fsp3) is 0.615. The fourth-order valence-corrected chi connectivity index (χ4v) is 1.76. The van der Waals surface area contributed by atoms with Crippen LogP contribution in [0.3, 0.4) is 0 Å². The Hall–Kier alpha value is -2.69. The van der Waals surface area contributed by atoms with E-state index in [4.69, 9.17) is 16.6 Å². The molecule has 0 aromatic carbocycles. The van der Waals surface area contributed by atoms with Crippen molar-refractivity contribution in [2.75, 3.05) is 26.2 Å². The van der Waals surface area contributed by atoms with Gasteiger partial charge >= 0.3 is 5.97 Å². The van der Waals surface area contributed by atoms with Gasteiger partial charge in [0.15, 0.2) is 5.96 Å². The smallest absolute Gasteiger partial charge is 0.305 e. The molecule has 1 heterocycles. The first-order valence-electron chi connectivity index (χ1n) is 7.62. The molecule has 1 amide bonds. The zero-order valence-corrected chi connectivity index (χ0v) is 13.4. The van der Waals surface area contributed by atoms with E-state index in [-0.39, 0.29) is 25.4 Å². The molecule has 11 heteroatoms. The molecule has 7 N–H and O–H groups in total. The highest BCUT2D eigenvalue weighted by Gasteiger charge is 2.06. The highest BCUT2D eigenvalue weighted by Crippen LogP contribution is 1.98. The molecule has 134 valence electrons. The number of hydrogen-bond donors (Lipinski definition) is 5. The van der Waals surface area contributed by atoms with Gasteiger partial charge in [0, 0.05) is 32.4 Å². The Morgan fingerprint density at radius 1 is 1.33 bits per heavy atom. The zero-order valence-electron chi connectivity index (χ0n) is 13.4. The number of hydrogen-bond acceptors (Lipinski definition) is 6. The summed E-state index contributed by atoms with van der Waals surface area (Å²) in [6.07, 6.45) is 2.97. The molecule has 0 saturated heterocycles. The van der Waals surface area contributed by atoms with Crippen LogP contribution in [0.15, 0.2) is 11.2 Å². The van der Waals surface area contributed by atoms with Crippen molar-refractivity contribution in [3.05, 3.63) is 11.9 Å². The van der Waals surface area contributed by atoms with Crippen molar-refractivity contribution in [3.8, 4) is 0 Å². The van der Waals surface area contributed by atoms with Crippen molar-refractivity contribution in [2.24, 2.45) is 16.5 Å². The summed E-state index contributed by atoms with van der Waals surface area (Å²) in [5, 5.41) is 21.7. The maximum atomic E-state index is 11.6. The van der Waals surface area contributed by atoms with Gasteiger partial charge in [-0.1, -0.05) is 5.21 Å². The topological polar surface area (TPSA) is 174 Å². The second kappa shape index (κ2) is 10.9. The lowest BCUT2D eigenvalue weighted by molar-refractivity contribution is -0.136. The van der Waals surface area contributed by atoms with E-state index in [2.05, 4.69) is 25.9 Å². The molecule has 0 aliphatic rings. The Morgan fingerprint density at radius 2 is 2.12 bits per heavy atom. The van der Waals surface area contributed by atoms with Crippen LogP contribution in [-0.4, -0.2) is 64.1 Å². The Bertz CT molecular complexity index is 557. The molecule has 0 aliphatic heterocycles. The van der Waals surface area contributed by atoms with Crippen molar-refractivity contribution in [1.29, 1.82) is 0 Å². The van der Waals surface area contributed by atoms with Crippen LogP contribution in [0.5, 0.6) is 0 Å². The molecule has 0 aliphatic carbocycles. The average Bonchev–Trinajstić information content (AvgIpc) is 2.96. The number of nitrogens with one attached hydrogen (secondary N) is 2. The number of nitrogens with two attached hydrogens (primary N) is 2. The second-order valence-electron chi connectivity index (χ2n) is 4.99. The highest BCUT2D eigenvalue weighted by atomic mass is 16.4. The number of aryl methyl sites for hydroxylation is 1. The third-order valence-electron chi connectivity index (χ3n) is 2.88. The molecule has 1 rings (SSSR count). The van der Waals surface area contributed by atoms with Crippen LogP contribution in [0, 0.1) is 0 Å². The van der Waals surface area contributed by atoms with Crippen molar-refractivity contribution in [3.63, 3.8) is 0 Å². The summed E-state index contributed by atoms with van der Waals surface area (Å²) in [6.45, 7) is 1.71. The fourth-order valence-electron chi connectivity index (χ4n) is 1.76. The molecule has 1 aromatic heterocycles. The predicted octanol–water partition coefficient (Wildman–Crippen LogP) is -2.34. The van der Waals surface area contributed by atoms with Gasteiger partial charge in [-0.05, 0) is 12.8 Å². The van der Waals surface area contributed by atoms with Gasteiger partial charge in [0.1, 0.15) is 6.54 Å². The molecule has 24 heavy (non-hydrogen) atoms. The quantitative estimate of drug-likeness (QED) is 0.169.